The van der Waals surface area contributed by atoms with Crippen molar-refractivity contribution in [3.05, 3.63) is 29.1 Å². The fourth-order valence-electron chi connectivity index (χ4n) is 2.91. The Hall–Kier alpha value is -0.930. The third kappa shape index (κ3) is 3.39. The minimum atomic E-state index is 0.192. The molecule has 1 heterocycles. The molecular weight excluding hydrogens is 248 g/mol. The van der Waals surface area contributed by atoms with Crippen LogP contribution in [0.1, 0.15) is 62.4 Å². The highest BCUT2D eigenvalue weighted by Gasteiger charge is 2.36. The number of ether oxygens (including phenoxy) is 1. The van der Waals surface area contributed by atoms with Crippen molar-refractivity contribution in [2.75, 3.05) is 13.7 Å². The molecule has 1 fully saturated rings. The summed E-state index contributed by atoms with van der Waals surface area (Å²) in [5, 5.41) is 3.67. The molecule has 0 spiro atoms. The van der Waals surface area contributed by atoms with Crippen LogP contribution < -0.4 is 5.32 Å². The average Bonchev–Trinajstić information content (AvgIpc) is 2.42. The fraction of sp³-hybridized carbons (Fsp3) is 0.706. The van der Waals surface area contributed by atoms with Crippen LogP contribution >= 0.6 is 0 Å². The van der Waals surface area contributed by atoms with Gasteiger partial charge in [0.25, 0.3) is 0 Å². The van der Waals surface area contributed by atoms with Crippen LogP contribution in [-0.2, 0) is 11.3 Å². The molecule has 3 heteroatoms. The molecule has 1 N–H and O–H groups in total. The van der Waals surface area contributed by atoms with E-state index < -0.39 is 0 Å². The number of aromatic nitrogens is 1. The summed E-state index contributed by atoms with van der Waals surface area (Å²) in [6.45, 7) is 8.28. The Morgan fingerprint density at radius 1 is 1.40 bits per heavy atom. The highest BCUT2D eigenvalue weighted by molar-refractivity contribution is 5.24. The number of hydrogen-bond donors (Lipinski definition) is 1. The van der Waals surface area contributed by atoms with Gasteiger partial charge in [0.1, 0.15) is 0 Å². The molecule has 0 saturated heterocycles. The second-order valence-corrected chi connectivity index (χ2v) is 6.23. The summed E-state index contributed by atoms with van der Waals surface area (Å²) in [6, 6.07) is 4.35. The SMILES string of the molecule is CCC(C)c1nc(CNC2(COC)CCC2)ccc1C. The summed E-state index contributed by atoms with van der Waals surface area (Å²) >= 11 is 0. The van der Waals surface area contributed by atoms with Gasteiger partial charge in [0, 0.05) is 24.9 Å². The summed E-state index contributed by atoms with van der Waals surface area (Å²) in [7, 11) is 1.78. The van der Waals surface area contributed by atoms with Gasteiger partial charge in [-0.3, -0.25) is 4.98 Å². The number of nitrogens with zero attached hydrogens (tertiary/aromatic N) is 1. The zero-order valence-electron chi connectivity index (χ0n) is 13.3. The third-order valence-corrected chi connectivity index (χ3v) is 4.65. The summed E-state index contributed by atoms with van der Waals surface area (Å²) in [5.74, 6) is 0.534. The third-order valence-electron chi connectivity index (χ3n) is 4.65. The lowest BCUT2D eigenvalue weighted by molar-refractivity contribution is 0.0547. The molecule has 0 bridgehead atoms. The summed E-state index contributed by atoms with van der Waals surface area (Å²) < 4.78 is 5.35. The van der Waals surface area contributed by atoms with Crippen LogP contribution in [0.15, 0.2) is 12.1 Å². The largest absolute Gasteiger partial charge is 0.383 e. The number of aryl methyl sites for hydroxylation is 1. The minimum Gasteiger partial charge on any atom is -0.383 e. The standard InChI is InChI=1S/C17H28N2O/c1-5-13(2)16-14(3)7-8-15(19-16)11-18-17(12-20-4)9-6-10-17/h7-8,13,18H,5-6,9-12H2,1-4H3. The zero-order chi connectivity index (χ0) is 14.6. The fourth-order valence-corrected chi connectivity index (χ4v) is 2.91. The highest BCUT2D eigenvalue weighted by atomic mass is 16.5. The quantitative estimate of drug-likeness (QED) is 0.827. The van der Waals surface area contributed by atoms with E-state index in [-0.39, 0.29) is 5.54 Å². The van der Waals surface area contributed by atoms with Crippen molar-refractivity contribution in [3.63, 3.8) is 0 Å². The van der Waals surface area contributed by atoms with Crippen LogP contribution in [0, 0.1) is 6.92 Å². The highest BCUT2D eigenvalue weighted by Crippen LogP contribution is 2.32. The van der Waals surface area contributed by atoms with Gasteiger partial charge < -0.3 is 10.1 Å². The molecule has 0 amide bonds. The monoisotopic (exact) mass is 276 g/mol. The van der Waals surface area contributed by atoms with Gasteiger partial charge in [0.05, 0.1) is 12.3 Å². The Balaban J connectivity index is 2.02. The van der Waals surface area contributed by atoms with Crippen LogP contribution in [0.5, 0.6) is 0 Å². The van der Waals surface area contributed by atoms with E-state index in [1.807, 2.05) is 0 Å². The second kappa shape index (κ2) is 6.68. The molecule has 20 heavy (non-hydrogen) atoms. The molecule has 1 aliphatic carbocycles. The number of nitrogens with one attached hydrogen (secondary N) is 1. The number of rotatable bonds is 7. The van der Waals surface area contributed by atoms with Crippen molar-refractivity contribution in [2.45, 2.75) is 64.5 Å². The number of pyridine rings is 1. The first kappa shape index (κ1) is 15.5. The summed E-state index contributed by atoms with van der Waals surface area (Å²) in [4.78, 5) is 4.86. The lowest BCUT2D eigenvalue weighted by Gasteiger charge is -2.42. The normalized spacial score (nSPS) is 18.6. The van der Waals surface area contributed by atoms with E-state index in [0.717, 1.165) is 25.3 Å². The molecule has 1 aliphatic rings. The Labute approximate surface area is 123 Å². The van der Waals surface area contributed by atoms with E-state index in [0.29, 0.717) is 5.92 Å². The van der Waals surface area contributed by atoms with Gasteiger partial charge in [0.2, 0.25) is 0 Å². The van der Waals surface area contributed by atoms with Gasteiger partial charge in [-0.25, -0.2) is 0 Å². The van der Waals surface area contributed by atoms with Gasteiger partial charge in [-0.2, -0.15) is 0 Å². The van der Waals surface area contributed by atoms with Crippen LogP contribution in [0.2, 0.25) is 0 Å². The van der Waals surface area contributed by atoms with E-state index >= 15 is 0 Å². The first-order chi connectivity index (χ1) is 9.60. The Morgan fingerprint density at radius 3 is 2.70 bits per heavy atom. The molecule has 112 valence electrons. The zero-order valence-corrected chi connectivity index (χ0v) is 13.3. The maximum atomic E-state index is 5.35. The molecule has 1 atom stereocenters. The minimum absolute atomic E-state index is 0.192. The van der Waals surface area contributed by atoms with Gasteiger partial charge in [0.15, 0.2) is 0 Å². The maximum absolute atomic E-state index is 5.35. The Bertz CT molecular complexity index is 441. The molecule has 0 aliphatic heterocycles. The van der Waals surface area contributed by atoms with E-state index in [4.69, 9.17) is 9.72 Å². The van der Waals surface area contributed by atoms with E-state index in [1.54, 1.807) is 7.11 Å². The lowest BCUT2D eigenvalue weighted by Crippen LogP contribution is -2.54. The topological polar surface area (TPSA) is 34.2 Å². The molecule has 0 aromatic carbocycles. The number of hydrogen-bond acceptors (Lipinski definition) is 3. The van der Waals surface area contributed by atoms with Crippen molar-refractivity contribution in [1.82, 2.24) is 10.3 Å². The molecule has 1 saturated carbocycles. The average molecular weight is 276 g/mol. The Kier molecular flexibility index (Phi) is 5.17. The summed E-state index contributed by atoms with van der Waals surface area (Å²) in [6.07, 6.45) is 4.87. The first-order valence-electron chi connectivity index (χ1n) is 7.80. The van der Waals surface area contributed by atoms with Gasteiger partial charge in [-0.1, -0.05) is 19.9 Å². The molecule has 1 aromatic rings. The molecule has 2 rings (SSSR count). The predicted molar refractivity (Wildman–Crippen MR) is 83.0 cm³/mol. The molecule has 0 radical (unpaired) electrons. The maximum Gasteiger partial charge on any atom is 0.0644 e. The summed E-state index contributed by atoms with van der Waals surface area (Å²) in [5.41, 5.74) is 3.89. The van der Waals surface area contributed by atoms with Crippen LogP contribution in [0.4, 0.5) is 0 Å². The van der Waals surface area contributed by atoms with Crippen molar-refractivity contribution in [3.8, 4) is 0 Å². The second-order valence-electron chi connectivity index (χ2n) is 6.23. The number of methoxy groups -OCH3 is 1. The first-order valence-corrected chi connectivity index (χ1v) is 7.80. The molecule has 3 nitrogen and oxygen atoms in total. The van der Waals surface area contributed by atoms with Crippen molar-refractivity contribution in [2.24, 2.45) is 0 Å². The smallest absolute Gasteiger partial charge is 0.0644 e. The van der Waals surface area contributed by atoms with E-state index in [2.05, 4.69) is 38.2 Å². The van der Waals surface area contributed by atoms with Crippen LogP contribution in [0.3, 0.4) is 0 Å². The lowest BCUT2D eigenvalue weighted by atomic mass is 9.77. The van der Waals surface area contributed by atoms with Crippen molar-refractivity contribution in [1.29, 1.82) is 0 Å². The molecule has 1 aromatic heterocycles. The van der Waals surface area contributed by atoms with Gasteiger partial charge >= 0.3 is 0 Å². The molecular formula is C17H28N2O. The van der Waals surface area contributed by atoms with Crippen molar-refractivity contribution >= 4 is 0 Å². The van der Waals surface area contributed by atoms with Crippen LogP contribution in [0.25, 0.3) is 0 Å². The molecule has 1 unspecified atom stereocenters. The Morgan fingerprint density at radius 2 is 2.15 bits per heavy atom. The van der Waals surface area contributed by atoms with E-state index in [9.17, 15) is 0 Å². The predicted octanol–water partition coefficient (Wildman–Crippen LogP) is 3.56. The van der Waals surface area contributed by atoms with Crippen molar-refractivity contribution < 1.29 is 4.74 Å². The van der Waals surface area contributed by atoms with Gasteiger partial charge in [-0.05, 0) is 50.2 Å². The van der Waals surface area contributed by atoms with E-state index in [1.165, 1.54) is 30.5 Å². The van der Waals surface area contributed by atoms with Crippen LogP contribution in [-0.4, -0.2) is 24.2 Å². The van der Waals surface area contributed by atoms with Gasteiger partial charge in [-0.15, -0.1) is 0 Å².